The molecule has 2 rings (SSSR count). The maximum Gasteiger partial charge on any atom is 0.415 e. The van der Waals surface area contributed by atoms with Crippen LogP contribution < -0.4 is 5.32 Å². The number of carbonyl (C=O) groups is 1. The first-order valence-electron chi connectivity index (χ1n) is 7.02. The number of halogens is 3. The molecule has 1 amide bonds. The van der Waals surface area contributed by atoms with E-state index in [9.17, 15) is 18.0 Å². The average Bonchev–Trinajstić information content (AvgIpc) is 2.86. The Balaban J connectivity index is 1.76. The zero-order valence-electron chi connectivity index (χ0n) is 12.2. The molecule has 0 unspecified atom stereocenters. The van der Waals surface area contributed by atoms with Crippen molar-refractivity contribution in [3.05, 3.63) is 18.0 Å². The number of hydrogen-bond acceptors (Lipinski definition) is 4. The second kappa shape index (κ2) is 6.66. The van der Waals surface area contributed by atoms with Crippen LogP contribution in [0, 0.1) is 0 Å². The van der Waals surface area contributed by atoms with Crippen molar-refractivity contribution in [3.63, 3.8) is 0 Å². The van der Waals surface area contributed by atoms with Crippen molar-refractivity contribution >= 4 is 5.91 Å². The van der Waals surface area contributed by atoms with Crippen LogP contribution in [0.2, 0.25) is 0 Å². The summed E-state index contributed by atoms with van der Waals surface area (Å²) in [4.78, 5) is 13.5. The summed E-state index contributed by atoms with van der Waals surface area (Å²) >= 11 is 0. The Morgan fingerprint density at radius 2 is 2.14 bits per heavy atom. The Hall–Kier alpha value is -1.61. The Morgan fingerprint density at radius 3 is 2.64 bits per heavy atom. The molecule has 1 atom stereocenters. The van der Waals surface area contributed by atoms with Gasteiger partial charge in [-0.15, -0.1) is 0 Å². The maximum atomic E-state index is 12.3. The third kappa shape index (κ3) is 4.44. The molecule has 0 aliphatic carbocycles. The van der Waals surface area contributed by atoms with Gasteiger partial charge in [-0.25, -0.2) is 0 Å². The minimum Gasteiger partial charge on any atom is -0.382 e. The Bertz CT molecular complexity index is 510. The Kier molecular flexibility index (Phi) is 5.07. The molecule has 124 valence electrons. The standard InChI is InChI=1S/C13H19F3N4O2/c1-19-7-9(6-17-19)12(22)18-10-2-4-20(5-3-10)8-11(21)13(14,15)16/h6-7,10-11,21H,2-5,8H2,1H3,(H,18,22)/t11-/m1/s1. The van der Waals surface area contributed by atoms with Gasteiger partial charge >= 0.3 is 6.18 Å². The number of β-amino-alcohol motifs (C(OH)–C–C–N with tert-alkyl or cyclic N) is 1. The van der Waals surface area contributed by atoms with E-state index in [1.165, 1.54) is 10.9 Å². The van der Waals surface area contributed by atoms with Gasteiger partial charge in [-0.3, -0.25) is 9.48 Å². The summed E-state index contributed by atoms with van der Waals surface area (Å²) in [6.07, 6.45) is -2.75. The van der Waals surface area contributed by atoms with Crippen LogP contribution in [0.15, 0.2) is 12.4 Å². The Morgan fingerprint density at radius 1 is 1.50 bits per heavy atom. The number of hydrogen-bond donors (Lipinski definition) is 2. The highest BCUT2D eigenvalue weighted by Crippen LogP contribution is 2.22. The Labute approximate surface area is 125 Å². The van der Waals surface area contributed by atoms with Gasteiger partial charge in [0.05, 0.1) is 11.8 Å². The normalized spacial score (nSPS) is 19.1. The molecule has 0 aromatic carbocycles. The molecule has 1 fully saturated rings. The number of aromatic nitrogens is 2. The van der Waals surface area contributed by atoms with Gasteiger partial charge in [0.1, 0.15) is 0 Å². The fourth-order valence-electron chi connectivity index (χ4n) is 2.42. The number of aliphatic hydroxyl groups excluding tert-OH is 1. The summed E-state index contributed by atoms with van der Waals surface area (Å²) in [6, 6.07) is -0.0769. The van der Waals surface area contributed by atoms with Crippen LogP contribution in [0.25, 0.3) is 0 Å². The lowest BCUT2D eigenvalue weighted by Gasteiger charge is -2.33. The lowest BCUT2D eigenvalue weighted by atomic mass is 10.0. The first-order chi connectivity index (χ1) is 10.3. The number of likely N-dealkylation sites (tertiary alicyclic amines) is 1. The predicted octanol–water partition coefficient (Wildman–Crippen LogP) is 0.537. The number of nitrogens with one attached hydrogen (secondary N) is 1. The molecule has 22 heavy (non-hydrogen) atoms. The highest BCUT2D eigenvalue weighted by atomic mass is 19.4. The highest BCUT2D eigenvalue weighted by Gasteiger charge is 2.39. The number of aliphatic hydroxyl groups is 1. The van der Waals surface area contributed by atoms with E-state index in [1.807, 2.05) is 0 Å². The number of nitrogens with zero attached hydrogens (tertiary/aromatic N) is 3. The second-order valence-electron chi connectivity index (χ2n) is 5.51. The summed E-state index contributed by atoms with van der Waals surface area (Å²) in [5.74, 6) is -0.234. The van der Waals surface area contributed by atoms with Gasteiger partial charge in [-0.05, 0) is 12.8 Å². The molecule has 2 heterocycles. The molecule has 1 aromatic heterocycles. The number of amides is 1. The zero-order chi connectivity index (χ0) is 16.3. The van der Waals surface area contributed by atoms with E-state index in [2.05, 4.69) is 10.4 Å². The van der Waals surface area contributed by atoms with Gasteiger partial charge in [-0.1, -0.05) is 0 Å². The van der Waals surface area contributed by atoms with Crippen LogP contribution >= 0.6 is 0 Å². The van der Waals surface area contributed by atoms with Gasteiger partial charge in [0, 0.05) is 38.9 Å². The molecule has 0 bridgehead atoms. The molecule has 0 spiro atoms. The number of alkyl halides is 3. The summed E-state index contributed by atoms with van der Waals surface area (Å²) < 4.78 is 38.4. The molecule has 9 heteroatoms. The predicted molar refractivity (Wildman–Crippen MR) is 72.2 cm³/mol. The van der Waals surface area contributed by atoms with Gasteiger partial charge in [0.25, 0.3) is 5.91 Å². The van der Waals surface area contributed by atoms with E-state index < -0.39 is 18.8 Å². The van der Waals surface area contributed by atoms with Crippen molar-refractivity contribution in [1.29, 1.82) is 0 Å². The maximum absolute atomic E-state index is 12.3. The molecule has 0 saturated carbocycles. The van der Waals surface area contributed by atoms with Crippen LogP contribution in [-0.2, 0) is 7.05 Å². The number of rotatable bonds is 4. The molecule has 1 aromatic rings. The molecule has 6 nitrogen and oxygen atoms in total. The highest BCUT2D eigenvalue weighted by molar-refractivity contribution is 5.93. The zero-order valence-corrected chi connectivity index (χ0v) is 12.2. The molecule has 1 aliphatic heterocycles. The first kappa shape index (κ1) is 16.8. The molecule has 2 N–H and O–H groups in total. The number of carbonyl (C=O) groups excluding carboxylic acids is 1. The lowest BCUT2D eigenvalue weighted by molar-refractivity contribution is -0.208. The van der Waals surface area contributed by atoms with Crippen molar-refractivity contribution < 1.29 is 23.1 Å². The van der Waals surface area contributed by atoms with Crippen molar-refractivity contribution in [2.45, 2.75) is 31.2 Å². The number of aryl methyl sites for hydroxylation is 1. The van der Waals surface area contributed by atoms with E-state index in [-0.39, 0.29) is 11.9 Å². The van der Waals surface area contributed by atoms with E-state index in [1.54, 1.807) is 18.1 Å². The minimum atomic E-state index is -4.59. The van der Waals surface area contributed by atoms with E-state index >= 15 is 0 Å². The fraction of sp³-hybridized carbons (Fsp3) is 0.692. The van der Waals surface area contributed by atoms with Crippen molar-refractivity contribution in [3.8, 4) is 0 Å². The van der Waals surface area contributed by atoms with Crippen LogP contribution in [0.5, 0.6) is 0 Å². The SMILES string of the molecule is Cn1cc(C(=O)NC2CCN(C[C@@H](O)C(F)(F)F)CC2)cn1. The van der Waals surface area contributed by atoms with Gasteiger partial charge in [-0.2, -0.15) is 18.3 Å². The average molecular weight is 320 g/mol. The fourth-order valence-corrected chi connectivity index (χ4v) is 2.42. The van der Waals surface area contributed by atoms with Gasteiger partial charge < -0.3 is 15.3 Å². The number of piperidine rings is 1. The van der Waals surface area contributed by atoms with Gasteiger partial charge in [0.2, 0.25) is 0 Å². The van der Waals surface area contributed by atoms with Crippen molar-refractivity contribution in [2.24, 2.45) is 7.05 Å². The second-order valence-corrected chi connectivity index (χ2v) is 5.51. The van der Waals surface area contributed by atoms with Crippen LogP contribution in [0.4, 0.5) is 13.2 Å². The smallest absolute Gasteiger partial charge is 0.382 e. The summed E-state index contributed by atoms with van der Waals surface area (Å²) in [5, 5.41) is 15.8. The quantitative estimate of drug-likeness (QED) is 0.849. The minimum absolute atomic E-state index is 0.0769. The monoisotopic (exact) mass is 320 g/mol. The molecule has 1 saturated heterocycles. The topological polar surface area (TPSA) is 70.4 Å². The van der Waals surface area contributed by atoms with E-state index in [4.69, 9.17) is 5.11 Å². The van der Waals surface area contributed by atoms with E-state index in [0.717, 1.165) is 0 Å². The molecule has 0 radical (unpaired) electrons. The molecule has 1 aliphatic rings. The van der Waals surface area contributed by atoms with Crippen LogP contribution in [0.1, 0.15) is 23.2 Å². The van der Waals surface area contributed by atoms with Gasteiger partial charge in [0.15, 0.2) is 6.10 Å². The largest absolute Gasteiger partial charge is 0.415 e. The van der Waals surface area contributed by atoms with E-state index in [0.29, 0.717) is 31.5 Å². The summed E-state index contributed by atoms with van der Waals surface area (Å²) in [6.45, 7) is 0.392. The van der Waals surface area contributed by atoms with Crippen LogP contribution in [-0.4, -0.2) is 63.7 Å². The molecular formula is C13H19F3N4O2. The summed E-state index contributed by atoms with van der Waals surface area (Å²) in [7, 11) is 1.71. The van der Waals surface area contributed by atoms with Crippen molar-refractivity contribution in [1.82, 2.24) is 20.0 Å². The molecular weight excluding hydrogens is 301 g/mol. The van der Waals surface area contributed by atoms with Crippen molar-refractivity contribution in [2.75, 3.05) is 19.6 Å². The van der Waals surface area contributed by atoms with Crippen LogP contribution in [0.3, 0.4) is 0 Å². The summed E-state index contributed by atoms with van der Waals surface area (Å²) in [5.41, 5.74) is 0.456. The first-order valence-corrected chi connectivity index (χ1v) is 7.02. The third-order valence-corrected chi connectivity index (χ3v) is 3.70. The third-order valence-electron chi connectivity index (χ3n) is 3.70. The lowest BCUT2D eigenvalue weighted by Crippen LogP contribution is -2.48.